The third kappa shape index (κ3) is 19.6. The van der Waals surface area contributed by atoms with Gasteiger partial charge in [-0.3, -0.25) is 24.6 Å². The van der Waals surface area contributed by atoms with Gasteiger partial charge in [0.15, 0.2) is 0 Å². The number of nitrogens with one attached hydrogen (secondary N) is 3. The fourth-order valence-corrected chi connectivity index (χ4v) is 4.68. The second-order valence-electron chi connectivity index (χ2n) is 12.1. The van der Waals surface area contributed by atoms with Gasteiger partial charge in [-0.15, -0.1) is 0 Å². The Labute approximate surface area is 273 Å². The molecule has 0 saturated heterocycles. The van der Waals surface area contributed by atoms with Gasteiger partial charge in [-0.05, 0) is 65.0 Å². The van der Waals surface area contributed by atoms with Gasteiger partial charge in [0.25, 0.3) is 16.0 Å². The highest BCUT2D eigenvalue weighted by Gasteiger charge is 2.25. The Morgan fingerprint density at radius 2 is 1.59 bits per heavy atom. The maximum absolute atomic E-state index is 12.6. The van der Waals surface area contributed by atoms with Crippen LogP contribution in [-0.2, 0) is 47.6 Å². The quantitative estimate of drug-likeness (QED) is 0.0711. The minimum absolute atomic E-state index is 0.0468. The predicted molar refractivity (Wildman–Crippen MR) is 170 cm³/mol. The predicted octanol–water partition coefficient (Wildman–Crippen LogP) is 3.37. The van der Waals surface area contributed by atoms with E-state index < -0.39 is 39.9 Å². The maximum Gasteiger partial charge on any atom is 0.408 e. The van der Waals surface area contributed by atoms with E-state index in [0.717, 1.165) is 5.56 Å². The van der Waals surface area contributed by atoms with Crippen LogP contribution >= 0.6 is 0 Å². The monoisotopic (exact) mass is 675 g/mol. The Balaban J connectivity index is 2.41. The first-order valence-corrected chi connectivity index (χ1v) is 16.8. The lowest BCUT2D eigenvalue weighted by atomic mass is 10.0. The molecule has 14 nitrogen and oxygen atoms in total. The molecule has 0 heterocycles. The summed E-state index contributed by atoms with van der Waals surface area (Å²) in [5, 5.41) is 2.55. The Kier molecular flexibility index (Phi) is 19.6. The third-order valence-corrected chi connectivity index (χ3v) is 7.37. The first-order valence-electron chi connectivity index (χ1n) is 15.4. The number of amides is 3. The lowest BCUT2D eigenvalue weighted by Crippen LogP contribution is -2.53. The topological polar surface area (TPSA) is 177 Å². The van der Waals surface area contributed by atoms with Gasteiger partial charge in [-0.25, -0.2) is 4.79 Å². The molecule has 0 aromatic heterocycles. The van der Waals surface area contributed by atoms with Crippen molar-refractivity contribution in [3.63, 3.8) is 0 Å². The number of benzene rings is 1. The molecular weight excluding hydrogens is 622 g/mol. The molecule has 0 bridgehead atoms. The van der Waals surface area contributed by atoms with Crippen LogP contribution in [0.3, 0.4) is 0 Å². The van der Waals surface area contributed by atoms with Gasteiger partial charge in [0.1, 0.15) is 24.5 Å². The summed E-state index contributed by atoms with van der Waals surface area (Å²) in [6, 6.07) is 5.46. The molecule has 3 amide bonds. The molecule has 0 aliphatic rings. The summed E-state index contributed by atoms with van der Waals surface area (Å²) in [7, 11) is -2.43. The molecule has 15 heteroatoms. The molecular formula is C31H53N3O11S. The second kappa shape index (κ2) is 21.9. The van der Waals surface area contributed by atoms with Crippen LogP contribution in [0.1, 0.15) is 72.3 Å². The third-order valence-electron chi connectivity index (χ3n) is 6.07. The van der Waals surface area contributed by atoms with Crippen LogP contribution in [0.4, 0.5) is 4.79 Å². The average Bonchev–Trinajstić information content (AvgIpc) is 2.96. The number of rotatable bonds is 22. The lowest BCUT2D eigenvalue weighted by molar-refractivity contribution is -0.130. The van der Waals surface area contributed by atoms with E-state index in [1.54, 1.807) is 40.0 Å². The van der Waals surface area contributed by atoms with E-state index in [-0.39, 0.29) is 43.1 Å². The van der Waals surface area contributed by atoms with Crippen LogP contribution < -0.4 is 16.2 Å². The first kappa shape index (κ1) is 41.2. The molecule has 0 aliphatic carbocycles. The highest BCUT2D eigenvalue weighted by Crippen LogP contribution is 2.14. The van der Waals surface area contributed by atoms with Crippen LogP contribution in [0.2, 0.25) is 0 Å². The summed E-state index contributed by atoms with van der Waals surface area (Å²) >= 11 is 0. The zero-order valence-corrected chi connectivity index (χ0v) is 29.0. The lowest BCUT2D eigenvalue weighted by Gasteiger charge is -2.24. The summed E-state index contributed by atoms with van der Waals surface area (Å²) < 4.78 is 57.1. The second-order valence-corrected chi connectivity index (χ2v) is 13.7. The van der Waals surface area contributed by atoms with E-state index in [2.05, 4.69) is 16.2 Å². The van der Waals surface area contributed by atoms with Crippen molar-refractivity contribution >= 4 is 28.0 Å². The highest BCUT2D eigenvalue weighted by atomic mass is 32.2. The Bertz CT molecular complexity index is 1140. The number of hydrogen-bond acceptors (Lipinski definition) is 11. The molecule has 0 aliphatic heterocycles. The van der Waals surface area contributed by atoms with Crippen molar-refractivity contribution in [1.29, 1.82) is 0 Å². The van der Waals surface area contributed by atoms with E-state index in [1.807, 2.05) is 20.8 Å². The standard InChI is InChI=1S/C31H53N3O11S/c1-23(2)19-27(32-30(37)45-31(4,5)6)29(36)34-33-28(35)11-9-8-10-16-41-20-25(43-22-42-18-17-40-7)21-44-46(38,39)26-14-12-24(3)13-15-26/h12-15,23,25,27H,8-11,16-22H2,1-7H3,(H,32,37)(H,33,35)(H,34,36)/t25?,27-/m1/s1. The van der Waals surface area contributed by atoms with E-state index in [1.165, 1.54) is 12.1 Å². The fraction of sp³-hybridized carbons (Fsp3) is 0.710. The number of unbranched alkanes of at least 4 members (excludes halogenated alkanes) is 2. The Hall–Kier alpha value is -2.82. The van der Waals surface area contributed by atoms with Crippen molar-refractivity contribution in [2.45, 2.75) is 96.3 Å². The molecule has 0 saturated carbocycles. The first-order chi connectivity index (χ1) is 21.6. The number of hydrazine groups is 1. The minimum Gasteiger partial charge on any atom is -0.444 e. The van der Waals surface area contributed by atoms with Crippen molar-refractivity contribution in [3.8, 4) is 0 Å². The largest absolute Gasteiger partial charge is 0.444 e. The number of carbonyl (C=O) groups excluding carboxylic acids is 3. The van der Waals surface area contributed by atoms with Gasteiger partial charge in [0.05, 0.1) is 31.3 Å². The van der Waals surface area contributed by atoms with Crippen LogP contribution in [-0.4, -0.2) is 91.0 Å². The normalized spacial score (nSPS) is 13.2. The number of carbonyl (C=O) groups is 3. The van der Waals surface area contributed by atoms with Crippen molar-refractivity contribution < 1.29 is 50.7 Å². The van der Waals surface area contributed by atoms with Crippen molar-refractivity contribution in [1.82, 2.24) is 16.2 Å². The van der Waals surface area contributed by atoms with E-state index in [9.17, 15) is 22.8 Å². The minimum atomic E-state index is -3.98. The van der Waals surface area contributed by atoms with E-state index >= 15 is 0 Å². The summed E-state index contributed by atoms with van der Waals surface area (Å²) in [5.74, 6) is -0.805. The zero-order valence-electron chi connectivity index (χ0n) is 28.2. The Morgan fingerprint density at radius 3 is 2.22 bits per heavy atom. The molecule has 2 atom stereocenters. The maximum atomic E-state index is 12.6. The molecule has 1 rings (SSSR count). The molecule has 264 valence electrons. The molecule has 46 heavy (non-hydrogen) atoms. The molecule has 0 fully saturated rings. The summed E-state index contributed by atoms with van der Waals surface area (Å²) in [5.41, 5.74) is 4.97. The number of hydrogen-bond donors (Lipinski definition) is 3. The average molecular weight is 676 g/mol. The highest BCUT2D eigenvalue weighted by molar-refractivity contribution is 7.86. The van der Waals surface area contributed by atoms with Crippen LogP contribution in [0.5, 0.6) is 0 Å². The molecule has 0 spiro atoms. The van der Waals surface area contributed by atoms with Crippen LogP contribution in [0, 0.1) is 12.8 Å². The smallest absolute Gasteiger partial charge is 0.408 e. The number of ether oxygens (including phenoxy) is 5. The van der Waals surface area contributed by atoms with E-state index in [4.69, 9.17) is 27.9 Å². The SMILES string of the molecule is COCCOCOC(COCCCCCC(=O)NNC(=O)[C@@H](CC(C)C)NC(=O)OC(C)(C)C)COS(=O)(=O)c1ccc(C)cc1. The van der Waals surface area contributed by atoms with Gasteiger partial charge in [0, 0.05) is 20.1 Å². The number of methoxy groups -OCH3 is 1. The summed E-state index contributed by atoms with van der Waals surface area (Å²) in [4.78, 5) is 37.0. The molecule has 3 N–H and O–H groups in total. The molecule has 1 unspecified atom stereocenters. The van der Waals surface area contributed by atoms with Gasteiger partial charge in [0.2, 0.25) is 5.91 Å². The molecule has 1 aromatic rings. The van der Waals surface area contributed by atoms with Gasteiger partial charge >= 0.3 is 6.09 Å². The van der Waals surface area contributed by atoms with Gasteiger partial charge in [-0.1, -0.05) is 38.0 Å². The van der Waals surface area contributed by atoms with Crippen LogP contribution in [0.15, 0.2) is 29.2 Å². The van der Waals surface area contributed by atoms with Gasteiger partial charge in [-0.2, -0.15) is 8.42 Å². The van der Waals surface area contributed by atoms with Crippen molar-refractivity contribution in [2.24, 2.45) is 5.92 Å². The van der Waals surface area contributed by atoms with Gasteiger partial charge < -0.3 is 29.0 Å². The van der Waals surface area contributed by atoms with Crippen molar-refractivity contribution in [3.05, 3.63) is 29.8 Å². The zero-order chi connectivity index (χ0) is 34.6. The summed E-state index contributed by atoms with van der Waals surface area (Å²) in [6.45, 7) is 11.6. The number of alkyl carbamates (subject to hydrolysis) is 1. The fourth-order valence-electron chi connectivity index (χ4n) is 3.74. The number of aryl methyl sites for hydroxylation is 1. The Morgan fingerprint density at radius 1 is 0.891 bits per heavy atom. The summed E-state index contributed by atoms with van der Waals surface area (Å²) in [6.07, 6.45) is 0.960. The molecule has 1 aromatic carbocycles. The van der Waals surface area contributed by atoms with E-state index in [0.29, 0.717) is 45.5 Å². The molecule has 0 radical (unpaired) electrons. The van der Waals surface area contributed by atoms with Crippen LogP contribution in [0.25, 0.3) is 0 Å². The van der Waals surface area contributed by atoms with Crippen molar-refractivity contribution in [2.75, 3.05) is 46.9 Å².